The van der Waals surface area contributed by atoms with Crippen molar-refractivity contribution in [2.75, 3.05) is 0 Å². The molecular formula is C16H13IO2. The summed E-state index contributed by atoms with van der Waals surface area (Å²) in [5, 5.41) is 11.5. The van der Waals surface area contributed by atoms with E-state index in [0.29, 0.717) is 5.76 Å². The first kappa shape index (κ1) is 12.7. The molecule has 3 rings (SSSR count). The number of aryl methyl sites for hydroxylation is 1. The van der Waals surface area contributed by atoms with E-state index < -0.39 is 6.10 Å². The van der Waals surface area contributed by atoms with Crippen molar-refractivity contribution < 1.29 is 9.52 Å². The van der Waals surface area contributed by atoms with E-state index in [1.165, 1.54) is 0 Å². The zero-order valence-electron chi connectivity index (χ0n) is 10.4. The average molecular weight is 364 g/mol. The van der Waals surface area contributed by atoms with Crippen LogP contribution in [0.5, 0.6) is 0 Å². The second kappa shape index (κ2) is 4.98. The van der Waals surface area contributed by atoms with Crippen molar-refractivity contribution in [3.63, 3.8) is 0 Å². The molecule has 2 nitrogen and oxygen atoms in total. The van der Waals surface area contributed by atoms with Crippen molar-refractivity contribution in [3.05, 3.63) is 69.0 Å². The smallest absolute Gasteiger partial charge is 0.138 e. The standard InChI is InChI=1S/C16H13IO2/c1-10-5-4-6-11-9-14(19-16(10)11)15(18)12-7-2-3-8-13(12)17/h2-9,15,18H,1H3. The minimum absolute atomic E-state index is 0.591. The van der Waals surface area contributed by atoms with Crippen LogP contribution in [0.3, 0.4) is 0 Å². The maximum Gasteiger partial charge on any atom is 0.138 e. The largest absolute Gasteiger partial charge is 0.458 e. The van der Waals surface area contributed by atoms with Crippen LogP contribution in [-0.2, 0) is 0 Å². The molecule has 0 radical (unpaired) electrons. The second-order valence-electron chi connectivity index (χ2n) is 4.57. The van der Waals surface area contributed by atoms with Crippen LogP contribution in [0.4, 0.5) is 0 Å². The third-order valence-corrected chi connectivity index (χ3v) is 4.21. The fraction of sp³-hybridized carbons (Fsp3) is 0.125. The second-order valence-corrected chi connectivity index (χ2v) is 5.73. The number of hydrogen-bond acceptors (Lipinski definition) is 2. The van der Waals surface area contributed by atoms with Gasteiger partial charge in [-0.1, -0.05) is 36.4 Å². The summed E-state index contributed by atoms with van der Waals surface area (Å²) in [6, 6.07) is 15.7. The Kier molecular flexibility index (Phi) is 3.33. The number of benzene rings is 2. The predicted octanol–water partition coefficient (Wildman–Crippen LogP) is 4.43. The molecule has 0 bridgehead atoms. The van der Waals surface area contributed by atoms with Crippen molar-refractivity contribution in [1.82, 2.24) is 0 Å². The summed E-state index contributed by atoms with van der Waals surface area (Å²) in [7, 11) is 0. The van der Waals surface area contributed by atoms with E-state index in [1.54, 1.807) is 0 Å². The predicted molar refractivity (Wildman–Crippen MR) is 84.2 cm³/mol. The van der Waals surface area contributed by atoms with Crippen LogP contribution < -0.4 is 0 Å². The molecule has 3 aromatic rings. The van der Waals surface area contributed by atoms with Crippen molar-refractivity contribution >= 4 is 33.6 Å². The summed E-state index contributed by atoms with van der Waals surface area (Å²) in [6.07, 6.45) is -0.722. The monoisotopic (exact) mass is 364 g/mol. The van der Waals surface area contributed by atoms with Gasteiger partial charge in [-0.3, -0.25) is 0 Å². The lowest BCUT2D eigenvalue weighted by atomic mass is 10.1. The van der Waals surface area contributed by atoms with Gasteiger partial charge in [0.2, 0.25) is 0 Å². The molecule has 0 aliphatic carbocycles. The maximum absolute atomic E-state index is 10.5. The normalized spacial score (nSPS) is 12.8. The highest BCUT2D eigenvalue weighted by Gasteiger charge is 2.18. The zero-order chi connectivity index (χ0) is 13.4. The van der Waals surface area contributed by atoms with E-state index in [2.05, 4.69) is 22.6 Å². The lowest BCUT2D eigenvalue weighted by molar-refractivity contribution is 0.191. The summed E-state index contributed by atoms with van der Waals surface area (Å²) in [5.41, 5.74) is 2.81. The van der Waals surface area contributed by atoms with E-state index in [4.69, 9.17) is 4.42 Å². The first-order valence-electron chi connectivity index (χ1n) is 6.08. The van der Waals surface area contributed by atoms with Crippen molar-refractivity contribution in [2.24, 2.45) is 0 Å². The number of rotatable bonds is 2. The van der Waals surface area contributed by atoms with Crippen molar-refractivity contribution in [2.45, 2.75) is 13.0 Å². The molecule has 1 aromatic heterocycles. The van der Waals surface area contributed by atoms with E-state index in [-0.39, 0.29) is 0 Å². The van der Waals surface area contributed by atoms with Gasteiger partial charge >= 0.3 is 0 Å². The third-order valence-electron chi connectivity index (χ3n) is 3.23. The van der Waals surface area contributed by atoms with Crippen LogP contribution >= 0.6 is 22.6 Å². The van der Waals surface area contributed by atoms with Crippen LogP contribution in [0.1, 0.15) is 23.0 Å². The van der Waals surface area contributed by atoms with Gasteiger partial charge in [0.1, 0.15) is 17.4 Å². The summed E-state index contributed by atoms with van der Waals surface area (Å²) in [6.45, 7) is 2.01. The number of aliphatic hydroxyl groups excluding tert-OH is 1. The molecule has 0 spiro atoms. The van der Waals surface area contributed by atoms with Gasteiger partial charge in [0, 0.05) is 14.5 Å². The number of halogens is 1. The Labute approximate surface area is 125 Å². The molecule has 3 heteroatoms. The molecule has 1 heterocycles. The molecule has 0 amide bonds. The number of fused-ring (bicyclic) bond motifs is 1. The summed E-state index contributed by atoms with van der Waals surface area (Å²) >= 11 is 2.23. The SMILES string of the molecule is Cc1cccc2cc(C(O)c3ccccc3I)oc12. The highest BCUT2D eigenvalue weighted by Crippen LogP contribution is 2.31. The number of hydrogen-bond donors (Lipinski definition) is 1. The van der Waals surface area contributed by atoms with E-state index >= 15 is 0 Å². The van der Waals surface area contributed by atoms with Crippen LogP contribution in [0.25, 0.3) is 11.0 Å². The Hall–Kier alpha value is -1.33. The highest BCUT2D eigenvalue weighted by molar-refractivity contribution is 14.1. The minimum Gasteiger partial charge on any atom is -0.458 e. The van der Waals surface area contributed by atoms with Crippen molar-refractivity contribution in [1.29, 1.82) is 0 Å². The van der Waals surface area contributed by atoms with Crippen LogP contribution in [0.15, 0.2) is 52.9 Å². The van der Waals surface area contributed by atoms with Gasteiger partial charge < -0.3 is 9.52 Å². The fourth-order valence-corrected chi connectivity index (χ4v) is 2.90. The van der Waals surface area contributed by atoms with E-state index in [0.717, 1.165) is 25.7 Å². The van der Waals surface area contributed by atoms with Crippen LogP contribution in [0.2, 0.25) is 0 Å². The highest BCUT2D eigenvalue weighted by atomic mass is 127. The summed E-state index contributed by atoms with van der Waals surface area (Å²) < 4.78 is 6.85. The van der Waals surface area contributed by atoms with Gasteiger partial charge in [-0.15, -0.1) is 0 Å². The molecule has 0 aliphatic rings. The minimum atomic E-state index is -0.722. The molecule has 19 heavy (non-hydrogen) atoms. The fourth-order valence-electron chi connectivity index (χ4n) is 2.21. The Morgan fingerprint density at radius 2 is 1.89 bits per heavy atom. The van der Waals surface area contributed by atoms with E-state index in [1.807, 2.05) is 55.5 Å². The first-order chi connectivity index (χ1) is 9.16. The Morgan fingerprint density at radius 3 is 2.63 bits per heavy atom. The Bertz CT molecular complexity index is 730. The Balaban J connectivity index is 2.10. The lowest BCUT2D eigenvalue weighted by Crippen LogP contribution is -2.00. The van der Waals surface area contributed by atoms with Crippen molar-refractivity contribution in [3.8, 4) is 0 Å². The summed E-state index contributed by atoms with van der Waals surface area (Å²) in [4.78, 5) is 0. The van der Waals surface area contributed by atoms with Crippen LogP contribution in [0, 0.1) is 10.5 Å². The molecule has 0 fully saturated rings. The number of aliphatic hydroxyl groups is 1. The third kappa shape index (κ3) is 2.28. The number of para-hydroxylation sites is 1. The Morgan fingerprint density at radius 1 is 1.11 bits per heavy atom. The van der Waals surface area contributed by atoms with E-state index in [9.17, 15) is 5.11 Å². The van der Waals surface area contributed by atoms with Gasteiger partial charge in [-0.25, -0.2) is 0 Å². The molecule has 1 N–H and O–H groups in total. The summed E-state index contributed by atoms with van der Waals surface area (Å²) in [5.74, 6) is 0.591. The first-order valence-corrected chi connectivity index (χ1v) is 7.16. The molecule has 0 saturated heterocycles. The molecule has 2 aromatic carbocycles. The van der Waals surface area contributed by atoms with Gasteiger partial charge in [0.25, 0.3) is 0 Å². The average Bonchev–Trinajstić information content (AvgIpc) is 2.84. The quantitative estimate of drug-likeness (QED) is 0.683. The molecule has 1 atom stereocenters. The van der Waals surface area contributed by atoms with Gasteiger partial charge in [-0.2, -0.15) is 0 Å². The molecular weight excluding hydrogens is 351 g/mol. The van der Waals surface area contributed by atoms with Gasteiger partial charge in [0.15, 0.2) is 0 Å². The zero-order valence-corrected chi connectivity index (χ0v) is 12.6. The molecule has 0 saturated carbocycles. The van der Waals surface area contributed by atoms with Gasteiger partial charge in [0.05, 0.1) is 0 Å². The maximum atomic E-state index is 10.5. The molecule has 0 aliphatic heterocycles. The number of furan rings is 1. The topological polar surface area (TPSA) is 33.4 Å². The molecule has 96 valence electrons. The van der Waals surface area contributed by atoms with Gasteiger partial charge in [-0.05, 0) is 47.2 Å². The molecule has 1 unspecified atom stereocenters. The lowest BCUT2D eigenvalue weighted by Gasteiger charge is -2.09. The van der Waals surface area contributed by atoms with Crippen LogP contribution in [-0.4, -0.2) is 5.11 Å².